The minimum absolute atomic E-state index is 0.204. The van der Waals surface area contributed by atoms with Gasteiger partial charge in [-0.25, -0.2) is 14.4 Å². The van der Waals surface area contributed by atoms with Gasteiger partial charge in [-0.15, -0.1) is 0 Å². The zero-order valence-electron chi connectivity index (χ0n) is 14.4. The highest BCUT2D eigenvalue weighted by atomic mass is 19.4. The molecule has 0 aliphatic heterocycles. The van der Waals surface area contributed by atoms with Crippen LogP contribution < -0.4 is 10.6 Å². The second-order valence-electron chi connectivity index (χ2n) is 5.74. The molecule has 0 atom stereocenters. The van der Waals surface area contributed by atoms with E-state index in [1.54, 1.807) is 0 Å². The Kier molecular flexibility index (Phi) is 5.57. The first-order valence-electron chi connectivity index (χ1n) is 8.18. The molecule has 1 aromatic carbocycles. The van der Waals surface area contributed by atoms with Gasteiger partial charge < -0.3 is 10.6 Å². The molecule has 1 amide bonds. The Hall–Kier alpha value is -3.43. The lowest BCUT2D eigenvalue weighted by atomic mass is 10.3. The number of anilines is 1. The van der Waals surface area contributed by atoms with Crippen molar-refractivity contribution in [1.82, 2.24) is 19.9 Å². The highest BCUT2D eigenvalue weighted by Crippen LogP contribution is 2.28. The number of nitrogens with zero attached hydrogens (tertiary/aromatic N) is 3. The third kappa shape index (κ3) is 4.64. The molecule has 2 heterocycles. The van der Waals surface area contributed by atoms with Gasteiger partial charge in [0, 0.05) is 25.0 Å². The van der Waals surface area contributed by atoms with Crippen LogP contribution in [0.3, 0.4) is 0 Å². The van der Waals surface area contributed by atoms with Crippen LogP contribution in [0, 0.1) is 5.82 Å². The van der Waals surface area contributed by atoms with Crippen molar-refractivity contribution in [2.75, 3.05) is 18.4 Å². The molecule has 3 aromatic rings. The summed E-state index contributed by atoms with van der Waals surface area (Å²) in [6.07, 6.45) is -0.884. The maximum Gasteiger partial charge on any atom is 0.417 e. The number of benzene rings is 1. The first-order valence-corrected chi connectivity index (χ1v) is 8.18. The number of hydrogen-bond donors (Lipinski definition) is 2. The summed E-state index contributed by atoms with van der Waals surface area (Å²) in [7, 11) is 0. The fourth-order valence-corrected chi connectivity index (χ4v) is 2.39. The van der Waals surface area contributed by atoms with Gasteiger partial charge in [0.1, 0.15) is 17.3 Å². The van der Waals surface area contributed by atoms with Crippen LogP contribution in [0.25, 0.3) is 5.69 Å². The topological polar surface area (TPSA) is 71.8 Å². The Labute approximate surface area is 157 Å². The number of carbonyl (C=O) groups excluding carboxylic acids is 1. The Morgan fingerprint density at radius 2 is 1.79 bits per heavy atom. The highest BCUT2D eigenvalue weighted by Gasteiger charge is 2.30. The number of aromatic nitrogens is 3. The zero-order chi connectivity index (χ0) is 20.1. The molecule has 2 N–H and O–H groups in total. The SMILES string of the molecule is O=C(NCCNc1ccc(C(F)(F)F)cn1)c1cncn1-c1ccc(F)cc1. The van der Waals surface area contributed by atoms with Crippen molar-refractivity contribution in [3.05, 3.63) is 72.2 Å². The van der Waals surface area contributed by atoms with Gasteiger partial charge in [0.15, 0.2) is 0 Å². The van der Waals surface area contributed by atoms with Crippen LogP contribution >= 0.6 is 0 Å². The van der Waals surface area contributed by atoms with Crippen molar-refractivity contribution in [3.8, 4) is 5.69 Å². The summed E-state index contributed by atoms with van der Waals surface area (Å²) in [6, 6.07) is 7.73. The maximum absolute atomic E-state index is 13.0. The monoisotopic (exact) mass is 393 g/mol. The summed E-state index contributed by atoms with van der Waals surface area (Å²) < 4.78 is 52.0. The van der Waals surface area contributed by atoms with Gasteiger partial charge in [0.25, 0.3) is 5.91 Å². The van der Waals surface area contributed by atoms with E-state index >= 15 is 0 Å². The molecule has 146 valence electrons. The van der Waals surface area contributed by atoms with E-state index in [1.807, 2.05) is 0 Å². The molecular formula is C18H15F4N5O. The highest BCUT2D eigenvalue weighted by molar-refractivity contribution is 5.93. The lowest BCUT2D eigenvalue weighted by Gasteiger charge is -2.10. The van der Waals surface area contributed by atoms with Crippen LogP contribution in [0.4, 0.5) is 23.4 Å². The Morgan fingerprint density at radius 3 is 2.43 bits per heavy atom. The number of imidazole rings is 1. The van der Waals surface area contributed by atoms with Gasteiger partial charge in [0.2, 0.25) is 0 Å². The number of pyridine rings is 1. The number of rotatable bonds is 6. The molecule has 6 nitrogen and oxygen atoms in total. The fraction of sp³-hybridized carbons (Fsp3) is 0.167. The molecule has 3 rings (SSSR count). The molecule has 0 spiro atoms. The first-order chi connectivity index (χ1) is 13.3. The van der Waals surface area contributed by atoms with E-state index in [-0.39, 0.29) is 24.6 Å². The first kappa shape index (κ1) is 19.3. The lowest BCUT2D eigenvalue weighted by Crippen LogP contribution is -2.30. The summed E-state index contributed by atoms with van der Waals surface area (Å²) in [6.45, 7) is 0.463. The summed E-state index contributed by atoms with van der Waals surface area (Å²) in [5.74, 6) is -0.527. The number of alkyl halides is 3. The zero-order valence-corrected chi connectivity index (χ0v) is 14.4. The van der Waals surface area contributed by atoms with Crippen LogP contribution in [-0.2, 0) is 6.18 Å². The summed E-state index contributed by atoms with van der Waals surface area (Å²) >= 11 is 0. The van der Waals surface area contributed by atoms with Crippen LogP contribution in [0.2, 0.25) is 0 Å². The Bertz CT molecular complexity index is 936. The maximum atomic E-state index is 13.0. The van der Waals surface area contributed by atoms with Gasteiger partial charge in [-0.1, -0.05) is 0 Å². The number of hydrogen-bond acceptors (Lipinski definition) is 4. The third-order valence-electron chi connectivity index (χ3n) is 3.78. The predicted octanol–water partition coefficient (Wildman–Crippen LogP) is 3.27. The van der Waals surface area contributed by atoms with E-state index in [0.717, 1.165) is 12.3 Å². The molecule has 0 bridgehead atoms. The Morgan fingerprint density at radius 1 is 1.04 bits per heavy atom. The number of halogens is 4. The molecular weight excluding hydrogens is 378 g/mol. The van der Waals surface area contributed by atoms with Crippen molar-refractivity contribution >= 4 is 11.7 Å². The lowest BCUT2D eigenvalue weighted by molar-refractivity contribution is -0.137. The standard InChI is InChI=1S/C18H15F4N5O/c19-13-2-4-14(5-3-13)27-11-23-10-15(27)17(28)25-8-7-24-16-6-1-12(9-26-16)18(20,21)22/h1-6,9-11H,7-8H2,(H,24,26)(H,25,28). The van der Waals surface area contributed by atoms with Gasteiger partial charge in [-0.05, 0) is 36.4 Å². The van der Waals surface area contributed by atoms with E-state index in [2.05, 4.69) is 20.6 Å². The summed E-state index contributed by atoms with van der Waals surface area (Å²) in [5, 5.41) is 5.49. The van der Waals surface area contributed by atoms with Gasteiger partial charge in [-0.2, -0.15) is 13.2 Å². The van der Waals surface area contributed by atoms with Crippen LogP contribution in [0.5, 0.6) is 0 Å². The Balaban J connectivity index is 1.53. The van der Waals surface area contributed by atoms with Gasteiger partial charge in [0.05, 0.1) is 18.1 Å². The van der Waals surface area contributed by atoms with E-state index < -0.39 is 23.5 Å². The second kappa shape index (κ2) is 8.07. The third-order valence-corrected chi connectivity index (χ3v) is 3.78. The van der Waals surface area contributed by atoms with Crippen molar-refractivity contribution in [3.63, 3.8) is 0 Å². The molecule has 10 heteroatoms. The average molecular weight is 393 g/mol. The molecule has 0 saturated heterocycles. The molecule has 0 radical (unpaired) electrons. The fourth-order valence-electron chi connectivity index (χ4n) is 2.39. The summed E-state index contributed by atoms with van der Waals surface area (Å²) in [4.78, 5) is 19.9. The van der Waals surface area contributed by atoms with E-state index in [1.165, 1.54) is 47.4 Å². The molecule has 0 aliphatic carbocycles. The van der Waals surface area contributed by atoms with Crippen molar-refractivity contribution in [2.24, 2.45) is 0 Å². The number of amides is 1. The minimum Gasteiger partial charge on any atom is -0.368 e. The van der Waals surface area contributed by atoms with E-state index in [4.69, 9.17) is 0 Å². The quantitative estimate of drug-likeness (QED) is 0.498. The van der Waals surface area contributed by atoms with Crippen LogP contribution in [-0.4, -0.2) is 33.5 Å². The second-order valence-corrected chi connectivity index (χ2v) is 5.74. The molecule has 0 unspecified atom stereocenters. The van der Waals surface area contributed by atoms with Crippen LogP contribution in [0.15, 0.2) is 55.1 Å². The van der Waals surface area contributed by atoms with E-state index in [9.17, 15) is 22.4 Å². The predicted molar refractivity (Wildman–Crippen MR) is 93.6 cm³/mol. The van der Waals surface area contributed by atoms with Crippen molar-refractivity contribution in [2.45, 2.75) is 6.18 Å². The minimum atomic E-state index is -4.44. The molecule has 28 heavy (non-hydrogen) atoms. The smallest absolute Gasteiger partial charge is 0.368 e. The molecule has 0 saturated carbocycles. The molecule has 0 fully saturated rings. The van der Waals surface area contributed by atoms with Crippen molar-refractivity contribution < 1.29 is 22.4 Å². The number of carbonyl (C=O) groups is 1. The average Bonchev–Trinajstić information content (AvgIpc) is 3.15. The van der Waals surface area contributed by atoms with E-state index in [0.29, 0.717) is 5.69 Å². The van der Waals surface area contributed by atoms with Gasteiger partial charge >= 0.3 is 6.18 Å². The van der Waals surface area contributed by atoms with Crippen molar-refractivity contribution in [1.29, 1.82) is 0 Å². The van der Waals surface area contributed by atoms with Gasteiger partial charge in [-0.3, -0.25) is 9.36 Å². The summed E-state index contributed by atoms with van der Waals surface area (Å²) in [5.41, 5.74) is 0.0100. The molecule has 0 aliphatic rings. The largest absolute Gasteiger partial charge is 0.417 e. The van der Waals surface area contributed by atoms with Crippen LogP contribution in [0.1, 0.15) is 16.1 Å². The number of nitrogens with one attached hydrogen (secondary N) is 2. The molecule has 2 aromatic heterocycles. The normalized spacial score (nSPS) is 11.3.